The van der Waals surface area contributed by atoms with Crippen molar-refractivity contribution >= 4 is 9.04 Å². The third-order valence-electron chi connectivity index (χ3n) is 2.33. The molecule has 0 rings (SSSR count). The topological polar surface area (TPSA) is 18.5 Å². The third-order valence-corrected chi connectivity index (χ3v) is 5.54. The van der Waals surface area contributed by atoms with E-state index in [1.165, 1.54) is 12.5 Å². The molecule has 0 bridgehead atoms. The Labute approximate surface area is 90.7 Å². The van der Waals surface area contributed by atoms with E-state index in [1.54, 1.807) is 0 Å². The molecule has 3 heteroatoms. The van der Waals surface area contributed by atoms with Gasteiger partial charge in [0.05, 0.1) is 0 Å². The summed E-state index contributed by atoms with van der Waals surface area (Å²) >= 11 is 0. The highest BCUT2D eigenvalue weighted by atomic mass is 28.3. The van der Waals surface area contributed by atoms with Crippen LogP contribution in [0, 0.1) is 0 Å². The molecule has 0 saturated carbocycles. The van der Waals surface area contributed by atoms with Crippen molar-refractivity contribution < 1.29 is 9.16 Å². The Kier molecular flexibility index (Phi) is 7.50. The Morgan fingerprint density at radius 3 is 2.21 bits per heavy atom. The minimum atomic E-state index is -1.08. The highest BCUT2D eigenvalue weighted by molar-refractivity contribution is 6.55. The van der Waals surface area contributed by atoms with E-state index in [0.717, 1.165) is 13.0 Å². The van der Waals surface area contributed by atoms with Gasteiger partial charge in [0.1, 0.15) is 6.79 Å². The van der Waals surface area contributed by atoms with E-state index in [0.29, 0.717) is 11.8 Å². The van der Waals surface area contributed by atoms with Gasteiger partial charge in [-0.05, 0) is 17.5 Å². The van der Waals surface area contributed by atoms with Crippen LogP contribution in [-0.4, -0.2) is 22.4 Å². The Hall–Kier alpha value is 0.137. The van der Waals surface area contributed by atoms with E-state index in [4.69, 9.17) is 9.16 Å². The summed E-state index contributed by atoms with van der Waals surface area (Å²) in [4.78, 5) is 0. The highest BCUT2D eigenvalue weighted by Crippen LogP contribution is 2.29. The molecule has 0 aliphatic carbocycles. The van der Waals surface area contributed by atoms with Crippen LogP contribution in [0.25, 0.3) is 0 Å². The quantitative estimate of drug-likeness (QED) is 0.371. The number of ether oxygens (including phenoxy) is 1. The first-order chi connectivity index (χ1) is 6.52. The lowest BCUT2D eigenvalue weighted by molar-refractivity contribution is 0.00929. The molecule has 1 atom stereocenters. The largest absolute Gasteiger partial charge is 0.397 e. The van der Waals surface area contributed by atoms with Crippen molar-refractivity contribution in [2.45, 2.75) is 58.5 Å². The molecule has 0 spiro atoms. The highest BCUT2D eigenvalue weighted by Gasteiger charge is 2.25. The van der Waals surface area contributed by atoms with Gasteiger partial charge in [0, 0.05) is 6.61 Å². The average molecular weight is 218 g/mol. The second kappa shape index (κ2) is 7.43. The Bertz CT molecular complexity index is 132. The van der Waals surface area contributed by atoms with E-state index in [9.17, 15) is 0 Å². The third kappa shape index (κ3) is 6.57. The van der Waals surface area contributed by atoms with Crippen LogP contribution >= 0.6 is 0 Å². The molecule has 0 aliphatic rings. The number of unbranched alkanes of at least 4 members (excludes halogenated alkanes) is 1. The zero-order chi connectivity index (χ0) is 11.0. The van der Waals surface area contributed by atoms with Crippen LogP contribution in [-0.2, 0) is 9.16 Å². The molecule has 0 saturated heterocycles. The summed E-state index contributed by atoms with van der Waals surface area (Å²) in [5, 5.41) is 0.350. The lowest BCUT2D eigenvalue weighted by Crippen LogP contribution is -2.29. The monoisotopic (exact) mass is 218 g/mol. The van der Waals surface area contributed by atoms with Gasteiger partial charge in [-0.15, -0.1) is 0 Å². The molecule has 0 aromatic rings. The van der Waals surface area contributed by atoms with Crippen LogP contribution in [0.3, 0.4) is 0 Å². The van der Waals surface area contributed by atoms with E-state index >= 15 is 0 Å². The van der Waals surface area contributed by atoms with Gasteiger partial charge < -0.3 is 9.16 Å². The summed E-state index contributed by atoms with van der Waals surface area (Å²) in [6.07, 6.45) is 2.32. The Morgan fingerprint density at radius 1 is 1.14 bits per heavy atom. The summed E-state index contributed by atoms with van der Waals surface area (Å²) in [5.74, 6) is 0. The molecule has 0 N–H and O–H groups in total. The maximum Gasteiger partial charge on any atom is 0.185 e. The first-order valence-corrected chi connectivity index (χ1v) is 7.58. The summed E-state index contributed by atoms with van der Waals surface area (Å²) in [6.45, 7) is 12.5. The zero-order valence-corrected chi connectivity index (χ0v) is 11.6. The van der Waals surface area contributed by atoms with E-state index in [1.807, 2.05) is 0 Å². The molecule has 0 amide bonds. The maximum atomic E-state index is 5.82. The van der Waals surface area contributed by atoms with Crippen LogP contribution in [0.5, 0.6) is 0 Å². The molecule has 0 radical (unpaired) electrons. The fraction of sp³-hybridized carbons (Fsp3) is 1.00. The molecule has 0 heterocycles. The predicted molar refractivity (Wildman–Crippen MR) is 64.2 cm³/mol. The number of rotatable bonds is 7. The van der Waals surface area contributed by atoms with Gasteiger partial charge >= 0.3 is 0 Å². The van der Waals surface area contributed by atoms with Gasteiger partial charge in [-0.3, -0.25) is 0 Å². The van der Waals surface area contributed by atoms with E-state index in [-0.39, 0.29) is 0 Å². The predicted octanol–water partition coefficient (Wildman–Crippen LogP) is 3.32. The molecule has 2 nitrogen and oxygen atoms in total. The maximum absolute atomic E-state index is 5.82. The molecule has 1 unspecified atom stereocenters. The van der Waals surface area contributed by atoms with Crippen LogP contribution < -0.4 is 0 Å². The standard InChI is InChI=1S/C11H26O2Si/c1-6-8-9-12-10-13-14(7-2)11(3,4)5/h14H,6-10H2,1-5H3. The van der Waals surface area contributed by atoms with Gasteiger partial charge in [-0.25, -0.2) is 0 Å². The minimum absolute atomic E-state index is 0.350. The number of hydrogen-bond donors (Lipinski definition) is 0. The van der Waals surface area contributed by atoms with Gasteiger partial charge in [0.15, 0.2) is 9.04 Å². The van der Waals surface area contributed by atoms with E-state index in [2.05, 4.69) is 34.6 Å². The first-order valence-electron chi connectivity index (χ1n) is 5.71. The van der Waals surface area contributed by atoms with Crippen LogP contribution in [0.2, 0.25) is 11.1 Å². The molecule has 0 aliphatic heterocycles. The zero-order valence-electron chi connectivity index (χ0n) is 10.4. The summed E-state index contributed by atoms with van der Waals surface area (Å²) < 4.78 is 11.2. The van der Waals surface area contributed by atoms with Crippen LogP contribution in [0.1, 0.15) is 47.5 Å². The second-order valence-corrected chi connectivity index (χ2v) is 8.67. The molecule has 0 fully saturated rings. The lowest BCUT2D eigenvalue weighted by Gasteiger charge is -2.27. The van der Waals surface area contributed by atoms with Gasteiger partial charge in [0.25, 0.3) is 0 Å². The lowest BCUT2D eigenvalue weighted by atomic mass is 10.3. The normalized spacial score (nSPS) is 14.4. The van der Waals surface area contributed by atoms with Crippen molar-refractivity contribution in [3.05, 3.63) is 0 Å². The van der Waals surface area contributed by atoms with Crippen molar-refractivity contribution in [3.63, 3.8) is 0 Å². The van der Waals surface area contributed by atoms with Crippen molar-refractivity contribution in [3.8, 4) is 0 Å². The summed E-state index contributed by atoms with van der Waals surface area (Å²) in [6, 6.07) is 1.18. The van der Waals surface area contributed by atoms with Crippen molar-refractivity contribution in [2.75, 3.05) is 13.4 Å². The average Bonchev–Trinajstić information content (AvgIpc) is 2.09. The Morgan fingerprint density at radius 2 is 1.79 bits per heavy atom. The second-order valence-electron chi connectivity index (χ2n) is 4.81. The minimum Gasteiger partial charge on any atom is -0.397 e. The Balaban J connectivity index is 3.54. The first kappa shape index (κ1) is 14.1. The fourth-order valence-electron chi connectivity index (χ4n) is 1.42. The molecule has 86 valence electrons. The fourth-order valence-corrected chi connectivity index (χ4v) is 3.64. The molecular formula is C11H26O2Si. The van der Waals surface area contributed by atoms with Gasteiger partial charge in [-0.1, -0.05) is 41.0 Å². The molecular weight excluding hydrogens is 192 g/mol. The van der Waals surface area contributed by atoms with Gasteiger partial charge in [0.2, 0.25) is 0 Å². The van der Waals surface area contributed by atoms with Crippen molar-refractivity contribution in [2.24, 2.45) is 0 Å². The molecule has 0 aromatic carbocycles. The summed E-state index contributed by atoms with van der Waals surface area (Å²) in [5.41, 5.74) is 0. The smallest absolute Gasteiger partial charge is 0.185 e. The van der Waals surface area contributed by atoms with Crippen molar-refractivity contribution in [1.82, 2.24) is 0 Å². The number of hydrogen-bond acceptors (Lipinski definition) is 2. The van der Waals surface area contributed by atoms with Gasteiger partial charge in [-0.2, -0.15) is 0 Å². The molecule has 0 aromatic heterocycles. The summed E-state index contributed by atoms with van der Waals surface area (Å²) in [7, 11) is -1.08. The SMILES string of the molecule is CCCCOCO[SiH](CC)C(C)(C)C. The molecule has 14 heavy (non-hydrogen) atoms. The van der Waals surface area contributed by atoms with Crippen molar-refractivity contribution in [1.29, 1.82) is 0 Å². The van der Waals surface area contributed by atoms with Crippen LogP contribution in [0.4, 0.5) is 0 Å². The van der Waals surface area contributed by atoms with E-state index < -0.39 is 9.04 Å². The van der Waals surface area contributed by atoms with Crippen LogP contribution in [0.15, 0.2) is 0 Å².